The fraction of sp³-hybridized carbons (Fsp3) is 0.364. The first kappa shape index (κ1) is 9.71. The van der Waals surface area contributed by atoms with E-state index in [-0.39, 0.29) is 0 Å². The van der Waals surface area contributed by atoms with Crippen LogP contribution in [0.3, 0.4) is 0 Å². The Labute approximate surface area is 91.9 Å². The third-order valence-corrected chi connectivity index (χ3v) is 2.65. The Kier molecular flexibility index (Phi) is 2.59. The average molecular weight is 253 g/mol. The van der Waals surface area contributed by atoms with Gasteiger partial charge in [0.1, 0.15) is 5.65 Å². The van der Waals surface area contributed by atoms with Gasteiger partial charge in [0.25, 0.3) is 0 Å². The highest BCUT2D eigenvalue weighted by Crippen LogP contribution is 2.22. The zero-order chi connectivity index (χ0) is 10.1. The van der Waals surface area contributed by atoms with Gasteiger partial charge in [-0.2, -0.15) is 0 Å². The summed E-state index contributed by atoms with van der Waals surface area (Å²) < 4.78 is 1.04. The highest BCUT2D eigenvalue weighted by molar-refractivity contribution is 9.10. The number of rotatable bonds is 2. The van der Waals surface area contributed by atoms with Crippen LogP contribution >= 0.6 is 15.9 Å². The Morgan fingerprint density at radius 2 is 2.29 bits per heavy atom. The Morgan fingerprint density at radius 3 is 3.00 bits per heavy atom. The summed E-state index contributed by atoms with van der Waals surface area (Å²) >= 11 is 3.44. The SMILES string of the molecule is CC(C)Cc1c[nH]c2ncc(Br)cc12. The largest absolute Gasteiger partial charge is 0.346 e. The molecule has 2 aromatic heterocycles. The molecule has 14 heavy (non-hydrogen) atoms. The molecule has 0 bridgehead atoms. The van der Waals surface area contributed by atoms with E-state index in [0.717, 1.165) is 16.5 Å². The molecule has 0 aliphatic rings. The van der Waals surface area contributed by atoms with Crippen LogP contribution in [0.5, 0.6) is 0 Å². The minimum atomic E-state index is 0.674. The minimum absolute atomic E-state index is 0.674. The lowest BCUT2D eigenvalue weighted by atomic mass is 10.0. The summed E-state index contributed by atoms with van der Waals surface area (Å²) in [6.07, 6.45) is 4.97. The second-order valence-electron chi connectivity index (χ2n) is 3.96. The van der Waals surface area contributed by atoms with Crippen molar-refractivity contribution < 1.29 is 0 Å². The number of hydrogen-bond donors (Lipinski definition) is 1. The van der Waals surface area contributed by atoms with Gasteiger partial charge in [0.15, 0.2) is 0 Å². The predicted molar refractivity (Wildman–Crippen MR) is 62.3 cm³/mol. The third-order valence-electron chi connectivity index (χ3n) is 2.21. The molecule has 0 radical (unpaired) electrons. The van der Waals surface area contributed by atoms with Gasteiger partial charge in [0.2, 0.25) is 0 Å². The zero-order valence-corrected chi connectivity index (χ0v) is 9.93. The first-order valence-electron chi connectivity index (χ1n) is 4.78. The maximum absolute atomic E-state index is 4.31. The van der Waals surface area contributed by atoms with Crippen LogP contribution in [0.15, 0.2) is 22.9 Å². The maximum atomic E-state index is 4.31. The number of halogens is 1. The standard InChI is InChI=1S/C11H13BrN2/c1-7(2)3-8-5-13-11-10(8)4-9(12)6-14-11/h4-7H,3H2,1-2H3,(H,13,14). The van der Waals surface area contributed by atoms with Crippen molar-refractivity contribution in [2.24, 2.45) is 5.92 Å². The van der Waals surface area contributed by atoms with Gasteiger partial charge in [-0.3, -0.25) is 0 Å². The van der Waals surface area contributed by atoms with Crippen LogP contribution in [0.25, 0.3) is 11.0 Å². The van der Waals surface area contributed by atoms with Gasteiger partial charge in [-0.05, 0) is 39.9 Å². The number of hydrogen-bond acceptors (Lipinski definition) is 1. The molecule has 2 heterocycles. The molecule has 0 aliphatic heterocycles. The maximum Gasteiger partial charge on any atom is 0.137 e. The molecular weight excluding hydrogens is 240 g/mol. The third kappa shape index (κ3) is 1.82. The van der Waals surface area contributed by atoms with E-state index < -0.39 is 0 Å². The fourth-order valence-electron chi connectivity index (χ4n) is 1.64. The summed E-state index contributed by atoms with van der Waals surface area (Å²) in [7, 11) is 0. The molecule has 1 N–H and O–H groups in total. The topological polar surface area (TPSA) is 28.7 Å². The van der Waals surface area contributed by atoms with E-state index in [0.29, 0.717) is 5.92 Å². The van der Waals surface area contributed by atoms with Crippen LogP contribution in [0.4, 0.5) is 0 Å². The van der Waals surface area contributed by atoms with Crippen molar-refractivity contribution in [2.75, 3.05) is 0 Å². The Morgan fingerprint density at radius 1 is 1.50 bits per heavy atom. The van der Waals surface area contributed by atoms with Crippen LogP contribution in [-0.2, 0) is 6.42 Å². The summed E-state index contributed by atoms with van der Waals surface area (Å²) in [5.41, 5.74) is 2.33. The smallest absolute Gasteiger partial charge is 0.137 e. The van der Waals surface area contributed by atoms with Crippen molar-refractivity contribution >= 4 is 27.0 Å². The summed E-state index contributed by atoms with van der Waals surface area (Å²) in [4.78, 5) is 7.50. The van der Waals surface area contributed by atoms with Crippen molar-refractivity contribution in [3.8, 4) is 0 Å². The molecule has 2 aromatic rings. The lowest BCUT2D eigenvalue weighted by Crippen LogP contribution is -1.92. The van der Waals surface area contributed by atoms with Gasteiger partial charge < -0.3 is 4.98 Å². The molecule has 0 aliphatic carbocycles. The molecule has 0 spiro atoms. The van der Waals surface area contributed by atoms with Crippen LogP contribution in [0.2, 0.25) is 0 Å². The lowest BCUT2D eigenvalue weighted by Gasteiger charge is -2.02. The van der Waals surface area contributed by atoms with Crippen molar-refractivity contribution in [1.82, 2.24) is 9.97 Å². The Bertz CT molecular complexity index is 445. The Balaban J connectivity index is 2.50. The summed E-state index contributed by atoms with van der Waals surface area (Å²) in [6, 6.07) is 2.12. The van der Waals surface area contributed by atoms with E-state index in [1.54, 1.807) is 0 Å². The second kappa shape index (κ2) is 3.73. The Hall–Kier alpha value is -0.830. The number of aromatic nitrogens is 2. The van der Waals surface area contributed by atoms with Gasteiger partial charge in [-0.1, -0.05) is 13.8 Å². The highest BCUT2D eigenvalue weighted by Gasteiger charge is 2.06. The number of H-pyrrole nitrogens is 1. The number of nitrogens with one attached hydrogen (secondary N) is 1. The molecule has 2 rings (SSSR count). The second-order valence-corrected chi connectivity index (χ2v) is 4.88. The van der Waals surface area contributed by atoms with E-state index >= 15 is 0 Å². The molecular formula is C11H13BrN2. The molecule has 0 aromatic carbocycles. The van der Waals surface area contributed by atoms with Gasteiger partial charge in [0, 0.05) is 22.3 Å². The summed E-state index contributed by atoms with van der Waals surface area (Å²) in [5.74, 6) is 0.674. The van der Waals surface area contributed by atoms with Crippen molar-refractivity contribution in [3.05, 3.63) is 28.5 Å². The first-order valence-corrected chi connectivity index (χ1v) is 5.57. The van der Waals surface area contributed by atoms with E-state index in [2.05, 4.69) is 52.0 Å². The monoisotopic (exact) mass is 252 g/mol. The van der Waals surface area contributed by atoms with Crippen LogP contribution in [0, 0.1) is 5.92 Å². The van der Waals surface area contributed by atoms with Gasteiger partial charge in [-0.25, -0.2) is 4.98 Å². The fourth-order valence-corrected chi connectivity index (χ4v) is 1.97. The lowest BCUT2D eigenvalue weighted by molar-refractivity contribution is 0.650. The van der Waals surface area contributed by atoms with Gasteiger partial charge >= 0.3 is 0 Å². The summed E-state index contributed by atoms with van der Waals surface area (Å²) in [5, 5.41) is 1.23. The summed E-state index contributed by atoms with van der Waals surface area (Å²) in [6.45, 7) is 4.45. The van der Waals surface area contributed by atoms with E-state index in [1.807, 2.05) is 6.20 Å². The highest BCUT2D eigenvalue weighted by atomic mass is 79.9. The van der Waals surface area contributed by atoms with E-state index in [4.69, 9.17) is 0 Å². The normalized spacial score (nSPS) is 11.4. The van der Waals surface area contributed by atoms with Crippen molar-refractivity contribution in [2.45, 2.75) is 20.3 Å². The van der Waals surface area contributed by atoms with E-state index in [1.165, 1.54) is 10.9 Å². The van der Waals surface area contributed by atoms with Gasteiger partial charge in [-0.15, -0.1) is 0 Å². The molecule has 2 nitrogen and oxygen atoms in total. The number of pyridine rings is 1. The molecule has 3 heteroatoms. The molecule has 0 amide bonds. The zero-order valence-electron chi connectivity index (χ0n) is 8.34. The predicted octanol–water partition coefficient (Wildman–Crippen LogP) is 3.52. The quantitative estimate of drug-likeness (QED) is 0.871. The average Bonchev–Trinajstić information content (AvgIpc) is 2.47. The van der Waals surface area contributed by atoms with E-state index in [9.17, 15) is 0 Å². The van der Waals surface area contributed by atoms with Crippen molar-refractivity contribution in [1.29, 1.82) is 0 Å². The van der Waals surface area contributed by atoms with Crippen molar-refractivity contribution in [3.63, 3.8) is 0 Å². The minimum Gasteiger partial charge on any atom is -0.346 e. The number of aromatic amines is 1. The van der Waals surface area contributed by atoms with Gasteiger partial charge in [0.05, 0.1) is 0 Å². The molecule has 74 valence electrons. The first-order chi connectivity index (χ1) is 6.66. The molecule has 0 saturated carbocycles. The molecule has 0 unspecified atom stereocenters. The van der Waals surface area contributed by atoms with Crippen LogP contribution in [-0.4, -0.2) is 9.97 Å². The van der Waals surface area contributed by atoms with Crippen LogP contribution in [0.1, 0.15) is 19.4 Å². The molecule has 0 atom stereocenters. The molecule has 0 saturated heterocycles. The number of fused-ring (bicyclic) bond motifs is 1. The molecule has 0 fully saturated rings. The number of nitrogens with zero attached hydrogens (tertiary/aromatic N) is 1. The van der Waals surface area contributed by atoms with Crippen LogP contribution < -0.4 is 0 Å².